The summed E-state index contributed by atoms with van der Waals surface area (Å²) in [5.74, 6) is 0. The van der Waals surface area contributed by atoms with Gasteiger partial charge < -0.3 is 0 Å². The third kappa shape index (κ3) is 3.75. The molecule has 0 N–H and O–H groups in total. The molecule has 1 fully saturated rings. The van der Waals surface area contributed by atoms with E-state index in [1.165, 1.54) is 16.3 Å². The maximum absolute atomic E-state index is 4.79. The average Bonchev–Trinajstić information content (AvgIpc) is 2.70. The number of hydrogen-bond donors (Lipinski definition) is 0. The Kier molecular flexibility index (Phi) is 4.93. The highest BCUT2D eigenvalue weighted by atomic mass is 15.5. The summed E-state index contributed by atoms with van der Waals surface area (Å²) in [6.07, 6.45) is 3.63. The van der Waals surface area contributed by atoms with Gasteiger partial charge in [0.2, 0.25) is 0 Å². The third-order valence-electron chi connectivity index (χ3n) is 5.01. The maximum atomic E-state index is 4.79. The van der Waals surface area contributed by atoms with Gasteiger partial charge in [-0.05, 0) is 35.4 Å². The number of fused-ring (bicyclic) bond motifs is 1. The fourth-order valence-corrected chi connectivity index (χ4v) is 3.53. The van der Waals surface area contributed by atoms with Crippen molar-refractivity contribution in [1.29, 1.82) is 0 Å². The highest BCUT2D eigenvalue weighted by molar-refractivity contribution is 5.98. The first-order valence-electron chi connectivity index (χ1n) is 9.19. The zero-order valence-electron chi connectivity index (χ0n) is 15.2. The molecule has 0 aliphatic carbocycles. The number of pyridine rings is 1. The molecule has 4 nitrogen and oxygen atoms in total. The fourth-order valence-electron chi connectivity index (χ4n) is 3.53. The van der Waals surface area contributed by atoms with E-state index in [-0.39, 0.29) is 0 Å². The van der Waals surface area contributed by atoms with Gasteiger partial charge in [0.25, 0.3) is 0 Å². The zero-order chi connectivity index (χ0) is 17.8. The molecule has 1 aliphatic heterocycles. The van der Waals surface area contributed by atoms with Gasteiger partial charge >= 0.3 is 0 Å². The molecule has 0 unspecified atom stereocenters. The minimum atomic E-state index is 0.965. The SMILES string of the molecule is C/C(=N/N1CCN(Cc2cccc3ccccc23)CC1)c1ccncc1. The first-order chi connectivity index (χ1) is 12.8. The highest BCUT2D eigenvalue weighted by Crippen LogP contribution is 2.20. The molecule has 2 aromatic carbocycles. The molecule has 132 valence electrons. The van der Waals surface area contributed by atoms with E-state index in [4.69, 9.17) is 5.10 Å². The molecule has 1 aromatic heterocycles. The van der Waals surface area contributed by atoms with Gasteiger partial charge in [-0.1, -0.05) is 42.5 Å². The van der Waals surface area contributed by atoms with Crippen molar-refractivity contribution >= 4 is 16.5 Å². The summed E-state index contributed by atoms with van der Waals surface area (Å²) in [5, 5.41) is 9.67. The van der Waals surface area contributed by atoms with Crippen molar-refractivity contribution in [3.8, 4) is 0 Å². The van der Waals surface area contributed by atoms with Crippen molar-refractivity contribution in [3.63, 3.8) is 0 Å². The molecular formula is C22H24N4. The van der Waals surface area contributed by atoms with Crippen molar-refractivity contribution in [2.24, 2.45) is 5.10 Å². The number of piperazine rings is 1. The van der Waals surface area contributed by atoms with Crippen LogP contribution in [0.3, 0.4) is 0 Å². The Morgan fingerprint density at radius 2 is 1.65 bits per heavy atom. The highest BCUT2D eigenvalue weighted by Gasteiger charge is 2.16. The van der Waals surface area contributed by atoms with Crippen LogP contribution in [-0.2, 0) is 6.54 Å². The summed E-state index contributed by atoms with van der Waals surface area (Å²) in [6, 6.07) is 19.3. The van der Waals surface area contributed by atoms with Crippen LogP contribution in [0.1, 0.15) is 18.1 Å². The first kappa shape index (κ1) is 16.7. The van der Waals surface area contributed by atoms with Crippen LogP contribution in [0.25, 0.3) is 10.8 Å². The normalized spacial score (nSPS) is 16.2. The zero-order valence-corrected chi connectivity index (χ0v) is 15.2. The van der Waals surface area contributed by atoms with Gasteiger partial charge in [0.1, 0.15) is 0 Å². The first-order valence-corrected chi connectivity index (χ1v) is 9.19. The predicted molar refractivity (Wildman–Crippen MR) is 107 cm³/mol. The Labute approximate surface area is 154 Å². The van der Waals surface area contributed by atoms with Crippen LogP contribution < -0.4 is 0 Å². The molecule has 1 saturated heterocycles. The van der Waals surface area contributed by atoms with Crippen molar-refractivity contribution in [1.82, 2.24) is 14.9 Å². The summed E-state index contributed by atoms with van der Waals surface area (Å²) < 4.78 is 0. The second kappa shape index (κ2) is 7.67. The van der Waals surface area contributed by atoms with E-state index < -0.39 is 0 Å². The Balaban J connectivity index is 1.39. The lowest BCUT2D eigenvalue weighted by Gasteiger charge is -2.33. The summed E-state index contributed by atoms with van der Waals surface area (Å²) >= 11 is 0. The van der Waals surface area contributed by atoms with Gasteiger partial charge in [-0.25, -0.2) is 0 Å². The van der Waals surface area contributed by atoms with Crippen LogP contribution in [0.15, 0.2) is 72.1 Å². The molecule has 3 aromatic rings. The monoisotopic (exact) mass is 344 g/mol. The number of nitrogens with zero attached hydrogens (tertiary/aromatic N) is 4. The van der Waals surface area contributed by atoms with E-state index in [2.05, 4.69) is 64.3 Å². The number of hydrazone groups is 1. The topological polar surface area (TPSA) is 31.7 Å². The molecule has 4 rings (SSSR count). The molecule has 1 aliphatic rings. The molecular weight excluding hydrogens is 320 g/mol. The van der Waals surface area contributed by atoms with E-state index >= 15 is 0 Å². The van der Waals surface area contributed by atoms with Crippen LogP contribution in [0.4, 0.5) is 0 Å². The fraction of sp³-hybridized carbons (Fsp3) is 0.273. The molecule has 0 spiro atoms. The molecule has 0 bridgehead atoms. The van der Waals surface area contributed by atoms with E-state index in [0.29, 0.717) is 0 Å². The Bertz CT molecular complexity index is 891. The Morgan fingerprint density at radius 1 is 0.923 bits per heavy atom. The second-order valence-electron chi connectivity index (χ2n) is 6.79. The maximum Gasteiger partial charge on any atom is 0.0647 e. The number of rotatable bonds is 4. The van der Waals surface area contributed by atoms with Gasteiger partial charge in [0.15, 0.2) is 0 Å². The summed E-state index contributed by atoms with van der Waals surface area (Å²) in [4.78, 5) is 6.59. The van der Waals surface area contributed by atoms with Crippen molar-refractivity contribution in [2.45, 2.75) is 13.5 Å². The van der Waals surface area contributed by atoms with Gasteiger partial charge in [0.05, 0.1) is 5.71 Å². The molecule has 0 amide bonds. The summed E-state index contributed by atoms with van der Waals surface area (Å²) in [5.41, 5.74) is 3.60. The Hall–Kier alpha value is -2.72. The van der Waals surface area contributed by atoms with E-state index in [1.807, 2.05) is 24.5 Å². The molecule has 4 heteroatoms. The van der Waals surface area contributed by atoms with Crippen molar-refractivity contribution in [2.75, 3.05) is 26.2 Å². The van der Waals surface area contributed by atoms with E-state index in [9.17, 15) is 0 Å². The van der Waals surface area contributed by atoms with E-state index in [0.717, 1.165) is 44.0 Å². The average molecular weight is 344 g/mol. The minimum absolute atomic E-state index is 0.965. The summed E-state index contributed by atoms with van der Waals surface area (Å²) in [7, 11) is 0. The van der Waals surface area contributed by atoms with Crippen LogP contribution in [0.2, 0.25) is 0 Å². The number of benzene rings is 2. The van der Waals surface area contributed by atoms with Gasteiger partial charge in [-0.2, -0.15) is 5.10 Å². The van der Waals surface area contributed by atoms with Gasteiger partial charge in [-0.15, -0.1) is 0 Å². The smallest absolute Gasteiger partial charge is 0.0647 e. The summed E-state index contributed by atoms with van der Waals surface area (Å²) in [6.45, 7) is 7.08. The van der Waals surface area contributed by atoms with Gasteiger partial charge in [-0.3, -0.25) is 14.9 Å². The lowest BCUT2D eigenvalue weighted by molar-refractivity contribution is 0.131. The number of hydrogen-bond acceptors (Lipinski definition) is 4. The lowest BCUT2D eigenvalue weighted by Crippen LogP contribution is -2.43. The predicted octanol–water partition coefficient (Wildman–Crippen LogP) is 3.78. The Morgan fingerprint density at radius 3 is 2.46 bits per heavy atom. The molecule has 0 radical (unpaired) electrons. The van der Waals surface area contributed by atoms with E-state index in [1.54, 1.807) is 0 Å². The second-order valence-corrected chi connectivity index (χ2v) is 6.79. The van der Waals surface area contributed by atoms with Crippen LogP contribution in [0, 0.1) is 0 Å². The van der Waals surface area contributed by atoms with Crippen LogP contribution >= 0.6 is 0 Å². The largest absolute Gasteiger partial charge is 0.295 e. The molecule has 0 atom stereocenters. The van der Waals surface area contributed by atoms with Crippen LogP contribution in [-0.4, -0.2) is 46.8 Å². The third-order valence-corrected chi connectivity index (χ3v) is 5.01. The quantitative estimate of drug-likeness (QED) is 0.675. The van der Waals surface area contributed by atoms with Gasteiger partial charge in [0, 0.05) is 50.7 Å². The molecule has 26 heavy (non-hydrogen) atoms. The van der Waals surface area contributed by atoms with Crippen LogP contribution in [0.5, 0.6) is 0 Å². The minimum Gasteiger partial charge on any atom is -0.295 e. The van der Waals surface area contributed by atoms with Crippen molar-refractivity contribution < 1.29 is 0 Å². The number of aromatic nitrogens is 1. The molecule has 0 saturated carbocycles. The van der Waals surface area contributed by atoms with Crippen molar-refractivity contribution in [3.05, 3.63) is 78.1 Å². The molecule has 2 heterocycles. The standard InChI is InChI=1S/C22H24N4/c1-18(19-9-11-23-12-10-19)24-26-15-13-25(14-16-26)17-21-7-4-6-20-5-2-3-8-22(20)21/h2-12H,13-17H2,1H3/b24-18-. The lowest BCUT2D eigenvalue weighted by atomic mass is 10.0.